The lowest BCUT2D eigenvalue weighted by Gasteiger charge is -2.35. The second-order valence-electron chi connectivity index (χ2n) is 5.59. The minimum Gasteiger partial charge on any atom is -0.447 e. The van der Waals surface area contributed by atoms with Gasteiger partial charge in [0.05, 0.1) is 6.54 Å². The Morgan fingerprint density at radius 3 is 2.55 bits per heavy atom. The van der Waals surface area contributed by atoms with Gasteiger partial charge in [-0.2, -0.15) is 0 Å². The van der Waals surface area contributed by atoms with Crippen LogP contribution in [-0.2, 0) is 16.6 Å². The first-order valence-corrected chi connectivity index (χ1v) is 8.43. The Morgan fingerprint density at radius 1 is 1.30 bits per heavy atom. The topological polar surface area (TPSA) is 106 Å². The molecule has 0 radical (unpaired) electrons. The zero-order valence-electron chi connectivity index (χ0n) is 11.5. The van der Waals surface area contributed by atoms with E-state index in [0.29, 0.717) is 18.8 Å². The number of nitrogens with two attached hydrogens (primary N) is 1. The van der Waals surface area contributed by atoms with E-state index in [4.69, 9.17) is 9.56 Å². The lowest BCUT2D eigenvalue weighted by atomic mass is 9.74. The van der Waals surface area contributed by atoms with Gasteiger partial charge in [0, 0.05) is 18.6 Å². The zero-order valence-corrected chi connectivity index (χ0v) is 12.3. The van der Waals surface area contributed by atoms with Gasteiger partial charge in [-0.3, -0.25) is 0 Å². The summed E-state index contributed by atoms with van der Waals surface area (Å²) in [7, 11) is -3.78. The van der Waals surface area contributed by atoms with Crippen LogP contribution in [0.5, 0.6) is 0 Å². The molecule has 0 saturated heterocycles. The van der Waals surface area contributed by atoms with E-state index in [1.165, 1.54) is 12.5 Å². The summed E-state index contributed by atoms with van der Waals surface area (Å²) >= 11 is 0. The van der Waals surface area contributed by atoms with Gasteiger partial charge < -0.3 is 14.8 Å². The number of sulfonamides is 1. The van der Waals surface area contributed by atoms with Crippen molar-refractivity contribution in [3.8, 4) is 0 Å². The number of primary sulfonamides is 1. The quantitative estimate of drug-likeness (QED) is 0.726. The zero-order chi connectivity index (χ0) is 14.6. The van der Waals surface area contributed by atoms with Gasteiger partial charge in [0.25, 0.3) is 10.0 Å². The minimum atomic E-state index is -3.78. The lowest BCUT2D eigenvalue weighted by molar-refractivity contribution is 0.0805. The summed E-state index contributed by atoms with van der Waals surface area (Å²) < 4.78 is 27.4. The molecule has 4 N–H and O–H groups in total. The molecule has 1 aliphatic rings. The van der Waals surface area contributed by atoms with Gasteiger partial charge in [-0.05, 0) is 25.0 Å². The molecule has 1 aliphatic carbocycles. The number of nitrogens with one attached hydrogen (secondary N) is 1. The van der Waals surface area contributed by atoms with Crippen molar-refractivity contribution in [1.82, 2.24) is 5.32 Å². The second kappa shape index (κ2) is 6.26. The normalized spacial score (nSPS) is 19.1. The number of hydrogen-bond acceptors (Lipinski definition) is 5. The largest absolute Gasteiger partial charge is 0.447 e. The van der Waals surface area contributed by atoms with E-state index in [0.717, 1.165) is 25.7 Å². The summed E-state index contributed by atoms with van der Waals surface area (Å²) in [5, 5.41) is 17.6. The number of hydrogen-bond donors (Lipinski definition) is 3. The molecule has 0 amide bonds. The van der Waals surface area contributed by atoms with Crippen LogP contribution in [0.1, 0.15) is 37.9 Å². The molecule has 1 saturated carbocycles. The fourth-order valence-corrected chi connectivity index (χ4v) is 3.23. The highest BCUT2D eigenvalue weighted by atomic mass is 32.2. The molecule has 114 valence electrons. The van der Waals surface area contributed by atoms with Crippen LogP contribution in [0.2, 0.25) is 0 Å². The summed E-state index contributed by atoms with van der Waals surface area (Å²) in [4.78, 5) is 0. The first-order chi connectivity index (χ1) is 9.45. The molecule has 0 unspecified atom stereocenters. The molecule has 6 nitrogen and oxygen atoms in total. The molecule has 1 fully saturated rings. The fraction of sp³-hybridized carbons (Fsp3) is 0.692. The Morgan fingerprint density at radius 2 is 2.00 bits per heavy atom. The fourth-order valence-electron chi connectivity index (χ4n) is 2.75. The maximum Gasteiger partial charge on any atom is 0.271 e. The molecule has 0 bridgehead atoms. The molecule has 0 spiro atoms. The van der Waals surface area contributed by atoms with Crippen LogP contribution in [-0.4, -0.2) is 26.7 Å². The summed E-state index contributed by atoms with van der Waals surface area (Å²) in [6.07, 6.45) is 5.59. The van der Waals surface area contributed by atoms with Crippen molar-refractivity contribution in [2.45, 2.75) is 43.7 Å². The average molecular weight is 302 g/mol. The predicted molar refractivity (Wildman–Crippen MR) is 74.4 cm³/mol. The van der Waals surface area contributed by atoms with Gasteiger partial charge in [-0.1, -0.05) is 19.3 Å². The van der Waals surface area contributed by atoms with Crippen molar-refractivity contribution in [1.29, 1.82) is 0 Å². The maximum atomic E-state index is 11.1. The van der Waals surface area contributed by atoms with Crippen LogP contribution < -0.4 is 10.5 Å². The highest BCUT2D eigenvalue weighted by Gasteiger charge is 2.30. The molecule has 1 aromatic heterocycles. The van der Waals surface area contributed by atoms with Gasteiger partial charge in [-0.15, -0.1) is 0 Å². The Bertz CT molecular complexity index is 532. The van der Waals surface area contributed by atoms with Crippen molar-refractivity contribution in [2.75, 3.05) is 13.2 Å². The molecule has 0 aromatic carbocycles. The third-order valence-corrected chi connectivity index (χ3v) is 4.75. The lowest BCUT2D eigenvalue weighted by Crippen LogP contribution is -2.38. The van der Waals surface area contributed by atoms with Gasteiger partial charge in [0.2, 0.25) is 5.09 Å². The molecule has 1 heterocycles. The molecular weight excluding hydrogens is 280 g/mol. The van der Waals surface area contributed by atoms with Gasteiger partial charge in [0.1, 0.15) is 5.76 Å². The SMILES string of the molecule is NS(=O)(=O)c1ccc(CNCC2(CO)CCCCC2)o1. The van der Waals surface area contributed by atoms with Crippen molar-refractivity contribution in [3.05, 3.63) is 17.9 Å². The molecule has 2 rings (SSSR count). The van der Waals surface area contributed by atoms with Crippen LogP contribution in [0.4, 0.5) is 0 Å². The number of aliphatic hydroxyl groups excluding tert-OH is 1. The monoisotopic (exact) mass is 302 g/mol. The Hall–Kier alpha value is -0.890. The first-order valence-electron chi connectivity index (χ1n) is 6.88. The van der Waals surface area contributed by atoms with Crippen molar-refractivity contribution < 1.29 is 17.9 Å². The average Bonchev–Trinajstić information content (AvgIpc) is 2.89. The molecule has 20 heavy (non-hydrogen) atoms. The number of aliphatic hydroxyl groups is 1. The van der Waals surface area contributed by atoms with E-state index >= 15 is 0 Å². The minimum absolute atomic E-state index is 0.0480. The molecule has 1 aromatic rings. The van der Waals surface area contributed by atoms with Gasteiger partial charge in [-0.25, -0.2) is 13.6 Å². The molecule has 0 aliphatic heterocycles. The summed E-state index contributed by atoms with van der Waals surface area (Å²) in [6.45, 7) is 1.31. The standard InChI is InChI=1S/C13H22N2O4S/c14-20(17,18)12-5-4-11(19-12)8-15-9-13(10-16)6-2-1-3-7-13/h4-5,15-16H,1-3,6-10H2,(H2,14,17,18). The Labute approximate surface area is 119 Å². The smallest absolute Gasteiger partial charge is 0.271 e. The van der Waals surface area contributed by atoms with E-state index in [1.807, 2.05) is 0 Å². The third-order valence-electron chi connectivity index (χ3n) is 3.97. The van der Waals surface area contributed by atoms with E-state index in [1.54, 1.807) is 6.07 Å². The van der Waals surface area contributed by atoms with Crippen LogP contribution in [0.3, 0.4) is 0 Å². The third kappa shape index (κ3) is 3.82. The van der Waals surface area contributed by atoms with Crippen LogP contribution in [0, 0.1) is 5.41 Å². The predicted octanol–water partition coefficient (Wildman–Crippen LogP) is 0.959. The van der Waals surface area contributed by atoms with E-state index in [-0.39, 0.29) is 17.1 Å². The van der Waals surface area contributed by atoms with Crippen molar-refractivity contribution >= 4 is 10.0 Å². The van der Waals surface area contributed by atoms with Crippen LogP contribution >= 0.6 is 0 Å². The molecule has 7 heteroatoms. The second-order valence-corrected chi connectivity index (χ2v) is 7.08. The Kier molecular flexibility index (Phi) is 4.85. The Balaban J connectivity index is 1.87. The van der Waals surface area contributed by atoms with Crippen molar-refractivity contribution in [3.63, 3.8) is 0 Å². The van der Waals surface area contributed by atoms with E-state index in [9.17, 15) is 13.5 Å². The summed E-state index contributed by atoms with van der Waals surface area (Å²) in [5.41, 5.74) is -0.0480. The number of rotatable bonds is 6. The summed E-state index contributed by atoms with van der Waals surface area (Å²) in [6, 6.07) is 2.95. The number of furan rings is 1. The van der Waals surface area contributed by atoms with Gasteiger partial charge >= 0.3 is 0 Å². The highest BCUT2D eigenvalue weighted by Crippen LogP contribution is 2.35. The first kappa shape index (κ1) is 15.5. The van der Waals surface area contributed by atoms with E-state index in [2.05, 4.69) is 5.32 Å². The highest BCUT2D eigenvalue weighted by molar-refractivity contribution is 7.89. The maximum absolute atomic E-state index is 11.1. The van der Waals surface area contributed by atoms with E-state index < -0.39 is 10.0 Å². The van der Waals surface area contributed by atoms with Crippen LogP contribution in [0.25, 0.3) is 0 Å². The molecular formula is C13H22N2O4S. The van der Waals surface area contributed by atoms with Crippen molar-refractivity contribution in [2.24, 2.45) is 10.6 Å². The molecule has 0 atom stereocenters. The van der Waals surface area contributed by atoms with Gasteiger partial charge in [0.15, 0.2) is 0 Å². The van der Waals surface area contributed by atoms with Crippen LogP contribution in [0.15, 0.2) is 21.6 Å². The summed E-state index contributed by atoms with van der Waals surface area (Å²) in [5.74, 6) is 0.526.